The number of H-pyrrole nitrogens is 1. The first kappa shape index (κ1) is 27.2. The Morgan fingerprint density at radius 3 is 2.75 bits per heavy atom. The number of hydrogen-bond donors (Lipinski definition) is 2. The van der Waals surface area contributed by atoms with Gasteiger partial charge in [-0.05, 0) is 63.1 Å². The average Bonchev–Trinajstić information content (AvgIpc) is 2.81. The Hall–Kier alpha value is -3.42. The van der Waals surface area contributed by atoms with E-state index in [2.05, 4.69) is 24.6 Å². The minimum absolute atomic E-state index is 0.0618. The molecular formula is C28H35FN2O5. The Labute approximate surface area is 210 Å². The van der Waals surface area contributed by atoms with Crippen LogP contribution in [0.25, 0.3) is 0 Å². The zero-order chi connectivity index (χ0) is 26.4. The van der Waals surface area contributed by atoms with E-state index in [-0.39, 0.29) is 36.3 Å². The van der Waals surface area contributed by atoms with Crippen molar-refractivity contribution in [3.05, 3.63) is 79.9 Å². The van der Waals surface area contributed by atoms with Gasteiger partial charge in [0.05, 0.1) is 6.42 Å². The fourth-order valence-corrected chi connectivity index (χ4v) is 4.78. The van der Waals surface area contributed by atoms with Crippen molar-refractivity contribution in [3.8, 4) is 11.5 Å². The summed E-state index contributed by atoms with van der Waals surface area (Å²) in [6.45, 7) is 9.91. The summed E-state index contributed by atoms with van der Waals surface area (Å²) < 4.78 is 19.9. The van der Waals surface area contributed by atoms with Gasteiger partial charge in [0.15, 0.2) is 0 Å². The fraction of sp³-hybridized carbons (Fsp3) is 0.464. The second-order valence-corrected chi connectivity index (χ2v) is 9.64. The molecule has 2 N–H and O–H groups in total. The maximum Gasteiger partial charge on any atom is 0.328 e. The minimum Gasteiger partial charge on any atom is -0.507 e. The molecule has 36 heavy (non-hydrogen) atoms. The number of esters is 1. The number of aromatic hydroxyl groups is 1. The van der Waals surface area contributed by atoms with Crippen molar-refractivity contribution in [2.24, 2.45) is 5.92 Å². The highest BCUT2D eigenvalue weighted by atomic mass is 19.1. The van der Waals surface area contributed by atoms with Crippen LogP contribution in [-0.4, -0.2) is 20.6 Å². The molecule has 0 bridgehead atoms. The summed E-state index contributed by atoms with van der Waals surface area (Å²) >= 11 is 0. The molecule has 1 aliphatic carbocycles. The Kier molecular flexibility index (Phi) is 9.07. The number of nitrogens with zero attached hydrogens (tertiary/aromatic N) is 1. The van der Waals surface area contributed by atoms with Crippen LogP contribution in [-0.2, 0) is 17.8 Å². The number of ether oxygens (including phenoxy) is 1. The van der Waals surface area contributed by atoms with Gasteiger partial charge in [-0.25, -0.2) is 4.79 Å². The lowest BCUT2D eigenvalue weighted by Gasteiger charge is -2.32. The largest absolute Gasteiger partial charge is 0.507 e. The lowest BCUT2D eigenvalue weighted by Crippen LogP contribution is -2.37. The molecule has 1 aliphatic rings. The van der Waals surface area contributed by atoms with E-state index in [4.69, 9.17) is 4.74 Å². The van der Waals surface area contributed by atoms with Crippen LogP contribution in [0.3, 0.4) is 0 Å². The normalized spacial score (nSPS) is 17.5. The predicted octanol–water partition coefficient (Wildman–Crippen LogP) is 5.13. The number of allylic oxidation sites excluding steroid dienone is 3. The number of carbonyl (C=O) groups excluding carboxylic acids is 1. The molecule has 2 atom stereocenters. The molecule has 1 aromatic heterocycles. The summed E-state index contributed by atoms with van der Waals surface area (Å²) in [4.78, 5) is 38.8. The molecule has 0 aliphatic heterocycles. The predicted molar refractivity (Wildman–Crippen MR) is 137 cm³/mol. The first-order valence-corrected chi connectivity index (χ1v) is 12.5. The van der Waals surface area contributed by atoms with Gasteiger partial charge in [0.1, 0.15) is 11.5 Å². The fourth-order valence-electron chi connectivity index (χ4n) is 4.78. The van der Waals surface area contributed by atoms with Gasteiger partial charge in [-0.3, -0.25) is 14.2 Å². The lowest BCUT2D eigenvalue weighted by atomic mass is 9.73. The van der Waals surface area contributed by atoms with Gasteiger partial charge in [-0.1, -0.05) is 43.6 Å². The number of nitrogens with one attached hydrogen (secondary N) is 1. The molecule has 2 aromatic rings. The number of aromatic nitrogens is 2. The Bertz CT molecular complexity index is 1270. The van der Waals surface area contributed by atoms with Crippen LogP contribution in [0.5, 0.6) is 11.5 Å². The molecule has 8 heteroatoms. The maximum atomic E-state index is 13.6. The SMILES string of the molecule is C=C(C)[C@@H]1CCC(C)=C[C@H]1c1c(O)cc(CCCCC)cc1OC(=O)CCn1c(=O)[nH]cc(F)c1=O. The van der Waals surface area contributed by atoms with Crippen molar-refractivity contribution in [2.45, 2.75) is 78.2 Å². The van der Waals surface area contributed by atoms with Gasteiger partial charge in [-0.15, -0.1) is 0 Å². The number of phenols is 1. The second-order valence-electron chi connectivity index (χ2n) is 9.64. The van der Waals surface area contributed by atoms with Gasteiger partial charge < -0.3 is 14.8 Å². The van der Waals surface area contributed by atoms with Crippen molar-refractivity contribution < 1.29 is 19.0 Å². The zero-order valence-corrected chi connectivity index (χ0v) is 21.2. The van der Waals surface area contributed by atoms with E-state index in [0.29, 0.717) is 16.3 Å². The molecule has 0 saturated carbocycles. The molecular weight excluding hydrogens is 463 g/mol. The third kappa shape index (κ3) is 6.42. The van der Waals surface area contributed by atoms with E-state index in [1.165, 1.54) is 5.57 Å². The highest BCUT2D eigenvalue weighted by Gasteiger charge is 2.31. The van der Waals surface area contributed by atoms with Crippen LogP contribution >= 0.6 is 0 Å². The summed E-state index contributed by atoms with van der Waals surface area (Å²) in [5, 5.41) is 11.1. The highest BCUT2D eigenvalue weighted by Crippen LogP contribution is 2.47. The van der Waals surface area contributed by atoms with E-state index in [1.54, 1.807) is 12.1 Å². The van der Waals surface area contributed by atoms with Crippen molar-refractivity contribution >= 4 is 5.97 Å². The third-order valence-corrected chi connectivity index (χ3v) is 6.74. The molecule has 0 spiro atoms. The molecule has 0 saturated heterocycles. The third-order valence-electron chi connectivity index (χ3n) is 6.74. The summed E-state index contributed by atoms with van der Waals surface area (Å²) in [6.07, 6.45) is 8.02. The molecule has 194 valence electrons. The molecule has 1 aromatic carbocycles. The van der Waals surface area contributed by atoms with Gasteiger partial charge in [0, 0.05) is 24.2 Å². The standard InChI is InChI=1S/C28H35FN2O5/c1-5-6-7-8-19-14-23(32)26(21-13-18(4)9-10-20(21)17(2)3)24(15-19)36-25(33)11-12-31-27(34)22(29)16-30-28(31)35/h13-16,20-21,32H,2,5-12H2,1,3-4H3,(H,30,35)/t20-,21+/m0/s1. The molecule has 1 heterocycles. The lowest BCUT2D eigenvalue weighted by molar-refractivity contribution is -0.134. The smallest absolute Gasteiger partial charge is 0.328 e. The monoisotopic (exact) mass is 498 g/mol. The van der Waals surface area contributed by atoms with Crippen molar-refractivity contribution in [3.63, 3.8) is 0 Å². The van der Waals surface area contributed by atoms with Crippen LogP contribution in [0.4, 0.5) is 4.39 Å². The maximum absolute atomic E-state index is 13.6. The number of carbonyl (C=O) groups is 1. The topological polar surface area (TPSA) is 101 Å². The van der Waals surface area contributed by atoms with Crippen molar-refractivity contribution in [1.82, 2.24) is 9.55 Å². The van der Waals surface area contributed by atoms with Gasteiger partial charge in [0.2, 0.25) is 5.82 Å². The van der Waals surface area contributed by atoms with E-state index in [0.717, 1.165) is 49.7 Å². The second kappa shape index (κ2) is 12.0. The van der Waals surface area contributed by atoms with Gasteiger partial charge >= 0.3 is 11.7 Å². The van der Waals surface area contributed by atoms with Crippen LogP contribution in [0.1, 0.15) is 76.3 Å². The van der Waals surface area contributed by atoms with E-state index >= 15 is 0 Å². The molecule has 0 radical (unpaired) electrons. The number of unbranched alkanes of at least 4 members (excludes halogenated alkanes) is 2. The van der Waals surface area contributed by atoms with Gasteiger partial charge in [0.25, 0.3) is 5.56 Å². The summed E-state index contributed by atoms with van der Waals surface area (Å²) in [5.41, 5.74) is 1.64. The zero-order valence-electron chi connectivity index (χ0n) is 21.2. The number of rotatable bonds is 10. The highest BCUT2D eigenvalue weighted by molar-refractivity contribution is 5.73. The summed E-state index contributed by atoms with van der Waals surface area (Å²) in [6, 6.07) is 3.53. The van der Waals surface area contributed by atoms with Crippen LogP contribution in [0, 0.1) is 11.7 Å². The number of aromatic amines is 1. The molecule has 0 fully saturated rings. The van der Waals surface area contributed by atoms with E-state index in [9.17, 15) is 23.9 Å². The van der Waals surface area contributed by atoms with Crippen LogP contribution in [0.15, 0.2) is 51.7 Å². The van der Waals surface area contributed by atoms with E-state index in [1.807, 2.05) is 13.8 Å². The Balaban J connectivity index is 1.94. The van der Waals surface area contributed by atoms with Crippen LogP contribution < -0.4 is 16.0 Å². The van der Waals surface area contributed by atoms with E-state index < -0.39 is 23.0 Å². The van der Waals surface area contributed by atoms with Gasteiger partial charge in [-0.2, -0.15) is 4.39 Å². The summed E-state index contributed by atoms with van der Waals surface area (Å²) in [7, 11) is 0. The average molecular weight is 499 g/mol. The Morgan fingerprint density at radius 2 is 2.06 bits per heavy atom. The quantitative estimate of drug-likeness (QED) is 0.205. The first-order chi connectivity index (χ1) is 17.1. The Morgan fingerprint density at radius 1 is 1.31 bits per heavy atom. The molecule has 0 amide bonds. The van der Waals surface area contributed by atoms with Crippen LogP contribution in [0.2, 0.25) is 0 Å². The number of aryl methyl sites for hydroxylation is 1. The number of phenolic OH excluding ortho intramolecular Hbond substituents is 1. The first-order valence-electron chi connectivity index (χ1n) is 12.5. The molecule has 7 nitrogen and oxygen atoms in total. The summed E-state index contributed by atoms with van der Waals surface area (Å²) in [5.74, 6) is -1.62. The number of hydrogen-bond acceptors (Lipinski definition) is 5. The minimum atomic E-state index is -1.11. The molecule has 3 rings (SSSR count). The van der Waals surface area contributed by atoms with Crippen molar-refractivity contribution in [2.75, 3.05) is 0 Å². The van der Waals surface area contributed by atoms with Crippen molar-refractivity contribution in [1.29, 1.82) is 0 Å². The number of halogens is 1. The molecule has 0 unspecified atom stereocenters. The number of benzene rings is 1.